The van der Waals surface area contributed by atoms with Crippen LogP contribution in [0.3, 0.4) is 0 Å². The molecule has 2 aliphatic rings. The molecular weight excluding hydrogens is 200 g/mol. The average molecular weight is 224 g/mol. The molecule has 0 spiro atoms. The van der Waals surface area contributed by atoms with Gasteiger partial charge in [-0.3, -0.25) is 0 Å². The van der Waals surface area contributed by atoms with Crippen LogP contribution < -0.4 is 0 Å². The summed E-state index contributed by atoms with van der Waals surface area (Å²) in [6, 6.07) is 0. The number of hydrogen-bond acceptors (Lipinski definition) is 2. The molecule has 92 valence electrons. The Morgan fingerprint density at radius 1 is 1.12 bits per heavy atom. The largest absolute Gasteiger partial charge is 0.392 e. The fourth-order valence-corrected chi connectivity index (χ4v) is 2.99. The average Bonchev–Trinajstić information content (AvgIpc) is 2.38. The highest BCUT2D eigenvalue weighted by molar-refractivity contribution is 5.10. The van der Waals surface area contributed by atoms with Crippen molar-refractivity contribution in [3.05, 3.63) is 11.6 Å². The van der Waals surface area contributed by atoms with Gasteiger partial charge in [0.2, 0.25) is 0 Å². The topological polar surface area (TPSA) is 29.5 Å². The van der Waals surface area contributed by atoms with E-state index >= 15 is 0 Å². The smallest absolute Gasteiger partial charge is 0.0644 e. The second-order valence-corrected chi connectivity index (χ2v) is 5.21. The molecule has 0 aromatic carbocycles. The molecule has 0 radical (unpaired) electrons. The summed E-state index contributed by atoms with van der Waals surface area (Å²) >= 11 is 0. The van der Waals surface area contributed by atoms with Crippen LogP contribution in [-0.2, 0) is 4.74 Å². The lowest BCUT2D eigenvalue weighted by atomic mass is 9.82. The van der Waals surface area contributed by atoms with Crippen molar-refractivity contribution in [3.8, 4) is 0 Å². The zero-order valence-corrected chi connectivity index (χ0v) is 10.2. The van der Waals surface area contributed by atoms with Gasteiger partial charge in [0.25, 0.3) is 0 Å². The van der Waals surface area contributed by atoms with Crippen molar-refractivity contribution in [1.29, 1.82) is 0 Å². The first-order valence-corrected chi connectivity index (χ1v) is 6.79. The number of rotatable bonds is 3. The van der Waals surface area contributed by atoms with Gasteiger partial charge < -0.3 is 9.84 Å². The molecule has 1 heterocycles. The van der Waals surface area contributed by atoms with Crippen LogP contribution in [0.2, 0.25) is 0 Å². The second-order valence-electron chi connectivity index (χ2n) is 5.21. The number of aliphatic hydroxyl groups excluding tert-OH is 1. The molecular formula is C14H24O2. The maximum Gasteiger partial charge on any atom is 0.0644 e. The van der Waals surface area contributed by atoms with Gasteiger partial charge >= 0.3 is 0 Å². The van der Waals surface area contributed by atoms with Crippen LogP contribution in [0.1, 0.15) is 44.9 Å². The van der Waals surface area contributed by atoms with Gasteiger partial charge in [-0.1, -0.05) is 25.3 Å². The maximum atomic E-state index is 9.50. The van der Waals surface area contributed by atoms with E-state index in [1.54, 1.807) is 0 Å². The van der Waals surface area contributed by atoms with Gasteiger partial charge in [0.1, 0.15) is 0 Å². The van der Waals surface area contributed by atoms with Gasteiger partial charge in [-0.25, -0.2) is 0 Å². The summed E-state index contributed by atoms with van der Waals surface area (Å²) in [7, 11) is 0. The summed E-state index contributed by atoms with van der Waals surface area (Å²) < 4.78 is 5.49. The van der Waals surface area contributed by atoms with Crippen molar-refractivity contribution >= 4 is 0 Å². The van der Waals surface area contributed by atoms with Crippen LogP contribution in [0.25, 0.3) is 0 Å². The van der Waals surface area contributed by atoms with Gasteiger partial charge in [-0.05, 0) is 37.2 Å². The third-order valence-corrected chi connectivity index (χ3v) is 3.96. The highest BCUT2D eigenvalue weighted by Gasteiger charge is 2.19. The third kappa shape index (κ3) is 3.33. The van der Waals surface area contributed by atoms with Crippen LogP contribution in [0.15, 0.2) is 11.6 Å². The normalized spacial score (nSPS) is 29.3. The minimum atomic E-state index is 0.251. The van der Waals surface area contributed by atoms with Gasteiger partial charge in [0.05, 0.1) is 13.2 Å². The maximum absolute atomic E-state index is 9.50. The van der Waals surface area contributed by atoms with E-state index in [-0.39, 0.29) is 6.61 Å². The molecule has 1 saturated heterocycles. The third-order valence-electron chi connectivity index (χ3n) is 3.96. The summed E-state index contributed by atoms with van der Waals surface area (Å²) in [5.74, 6) is 1.21. The van der Waals surface area contributed by atoms with E-state index in [9.17, 15) is 5.11 Å². The molecule has 0 bridgehead atoms. The van der Waals surface area contributed by atoms with E-state index < -0.39 is 0 Å². The molecule has 2 nitrogen and oxygen atoms in total. The van der Waals surface area contributed by atoms with E-state index in [4.69, 9.17) is 4.74 Å². The lowest BCUT2D eigenvalue weighted by Crippen LogP contribution is -2.18. The van der Waals surface area contributed by atoms with Crippen molar-refractivity contribution in [3.63, 3.8) is 0 Å². The SMILES string of the molecule is OCC(=CC1CCCOC1)C1CCCCC1. The van der Waals surface area contributed by atoms with Gasteiger partial charge in [0.15, 0.2) is 0 Å². The lowest BCUT2D eigenvalue weighted by Gasteiger charge is -2.26. The predicted octanol–water partition coefficient (Wildman–Crippen LogP) is 2.91. The molecule has 0 aromatic heterocycles. The second kappa shape index (κ2) is 6.41. The summed E-state index contributed by atoms with van der Waals surface area (Å²) in [5.41, 5.74) is 1.29. The van der Waals surface area contributed by atoms with Crippen LogP contribution in [0, 0.1) is 11.8 Å². The van der Waals surface area contributed by atoms with Crippen molar-refractivity contribution < 1.29 is 9.84 Å². The summed E-state index contributed by atoms with van der Waals surface area (Å²) in [4.78, 5) is 0. The zero-order chi connectivity index (χ0) is 11.2. The summed E-state index contributed by atoms with van der Waals surface area (Å²) in [6.45, 7) is 2.03. The molecule has 0 amide bonds. The van der Waals surface area contributed by atoms with Crippen molar-refractivity contribution in [1.82, 2.24) is 0 Å². The predicted molar refractivity (Wildman–Crippen MR) is 65.3 cm³/mol. The molecule has 1 atom stereocenters. The monoisotopic (exact) mass is 224 g/mol. The first-order chi connectivity index (χ1) is 7.90. The van der Waals surface area contributed by atoms with Gasteiger partial charge in [-0.15, -0.1) is 0 Å². The molecule has 2 heteroatoms. The highest BCUT2D eigenvalue weighted by Crippen LogP contribution is 2.31. The number of ether oxygens (including phenoxy) is 1. The van der Waals surface area contributed by atoms with E-state index in [0.29, 0.717) is 11.8 Å². The Hall–Kier alpha value is -0.340. The number of hydrogen-bond donors (Lipinski definition) is 1. The standard InChI is InChI=1S/C14H24O2/c15-10-14(13-6-2-1-3-7-13)9-12-5-4-8-16-11-12/h9,12-13,15H,1-8,10-11H2. The Morgan fingerprint density at radius 2 is 1.94 bits per heavy atom. The number of aliphatic hydroxyl groups is 1. The molecule has 1 aliphatic carbocycles. The van der Waals surface area contributed by atoms with E-state index in [1.807, 2.05) is 0 Å². The van der Waals surface area contributed by atoms with Crippen molar-refractivity contribution in [2.75, 3.05) is 19.8 Å². The lowest BCUT2D eigenvalue weighted by molar-refractivity contribution is 0.0702. The fourth-order valence-electron chi connectivity index (χ4n) is 2.99. The van der Waals surface area contributed by atoms with Crippen molar-refractivity contribution in [2.45, 2.75) is 44.9 Å². The molecule has 1 saturated carbocycles. The zero-order valence-electron chi connectivity index (χ0n) is 10.2. The van der Waals surface area contributed by atoms with Crippen LogP contribution >= 0.6 is 0 Å². The first-order valence-electron chi connectivity index (χ1n) is 6.79. The van der Waals surface area contributed by atoms with E-state index in [1.165, 1.54) is 50.5 Å². The van der Waals surface area contributed by atoms with Crippen LogP contribution in [0.4, 0.5) is 0 Å². The van der Waals surface area contributed by atoms with Gasteiger partial charge in [-0.2, -0.15) is 0 Å². The molecule has 1 aliphatic heterocycles. The molecule has 0 aromatic rings. The Balaban J connectivity index is 1.93. The van der Waals surface area contributed by atoms with Crippen molar-refractivity contribution in [2.24, 2.45) is 11.8 Å². The minimum Gasteiger partial charge on any atom is -0.392 e. The fraction of sp³-hybridized carbons (Fsp3) is 0.857. The van der Waals surface area contributed by atoms with Gasteiger partial charge in [0, 0.05) is 12.5 Å². The first kappa shape index (κ1) is 12.1. The molecule has 1 unspecified atom stereocenters. The Bertz CT molecular complexity index is 223. The molecule has 2 rings (SSSR count). The molecule has 2 fully saturated rings. The Morgan fingerprint density at radius 3 is 2.56 bits per heavy atom. The Kier molecular flexibility index (Phi) is 4.86. The summed E-state index contributed by atoms with van der Waals surface area (Å²) in [6.07, 6.45) is 11.3. The Labute approximate surface area is 98.7 Å². The summed E-state index contributed by atoms with van der Waals surface area (Å²) in [5, 5.41) is 9.50. The van der Waals surface area contributed by atoms with E-state index in [2.05, 4.69) is 6.08 Å². The minimum absolute atomic E-state index is 0.251. The quantitative estimate of drug-likeness (QED) is 0.747. The van der Waals surface area contributed by atoms with Crippen LogP contribution in [-0.4, -0.2) is 24.9 Å². The highest BCUT2D eigenvalue weighted by atomic mass is 16.5. The van der Waals surface area contributed by atoms with Crippen LogP contribution in [0.5, 0.6) is 0 Å². The van der Waals surface area contributed by atoms with E-state index in [0.717, 1.165) is 13.2 Å². The molecule has 16 heavy (non-hydrogen) atoms. The molecule has 1 N–H and O–H groups in total.